The molecule has 1 atom stereocenters. The lowest BCUT2D eigenvalue weighted by molar-refractivity contribution is 0.0520. The first-order valence-corrected chi connectivity index (χ1v) is 7.81. The van der Waals surface area contributed by atoms with Gasteiger partial charge in [0.15, 0.2) is 0 Å². The van der Waals surface area contributed by atoms with Crippen molar-refractivity contribution in [1.29, 1.82) is 0 Å². The fourth-order valence-electron chi connectivity index (χ4n) is 2.15. The molecule has 0 aliphatic heterocycles. The number of nitrogen functional groups attached to an aromatic ring is 1. The summed E-state index contributed by atoms with van der Waals surface area (Å²) in [6.07, 6.45) is 4.61. The summed E-state index contributed by atoms with van der Waals surface area (Å²) in [5.74, 6) is 0.677. The Morgan fingerprint density at radius 3 is 2.67 bits per heavy atom. The van der Waals surface area contributed by atoms with E-state index in [4.69, 9.17) is 15.2 Å². The molecule has 0 aromatic heterocycles. The first-order valence-electron chi connectivity index (χ1n) is 7.81. The molecule has 21 heavy (non-hydrogen) atoms. The van der Waals surface area contributed by atoms with E-state index in [1.165, 1.54) is 12.8 Å². The third-order valence-corrected chi connectivity index (χ3v) is 3.52. The second-order valence-electron chi connectivity index (χ2n) is 5.20. The SMILES string of the molecule is CCCCC(CC)COc1ccc(N)cc1C(=O)OCC. The van der Waals surface area contributed by atoms with Crippen molar-refractivity contribution in [3.63, 3.8) is 0 Å². The van der Waals surface area contributed by atoms with Crippen LogP contribution in [0.15, 0.2) is 18.2 Å². The summed E-state index contributed by atoms with van der Waals surface area (Å²) in [6, 6.07) is 5.10. The highest BCUT2D eigenvalue weighted by molar-refractivity contribution is 5.93. The van der Waals surface area contributed by atoms with Gasteiger partial charge in [0.25, 0.3) is 0 Å². The average molecular weight is 293 g/mol. The van der Waals surface area contributed by atoms with Crippen molar-refractivity contribution in [3.8, 4) is 5.75 Å². The van der Waals surface area contributed by atoms with Crippen LogP contribution < -0.4 is 10.5 Å². The highest BCUT2D eigenvalue weighted by atomic mass is 16.5. The summed E-state index contributed by atoms with van der Waals surface area (Å²) in [7, 11) is 0. The molecule has 1 rings (SSSR count). The second-order valence-corrected chi connectivity index (χ2v) is 5.20. The first kappa shape index (κ1) is 17.3. The van der Waals surface area contributed by atoms with E-state index in [9.17, 15) is 4.79 Å². The van der Waals surface area contributed by atoms with Crippen LogP contribution in [0.2, 0.25) is 0 Å². The van der Waals surface area contributed by atoms with Gasteiger partial charge in [-0.2, -0.15) is 0 Å². The van der Waals surface area contributed by atoms with Crippen molar-refractivity contribution < 1.29 is 14.3 Å². The molecule has 0 spiro atoms. The quantitative estimate of drug-likeness (QED) is 0.551. The minimum atomic E-state index is -0.388. The lowest BCUT2D eigenvalue weighted by Crippen LogP contribution is -2.14. The molecule has 0 amide bonds. The predicted octanol–water partition coefficient (Wildman–Crippen LogP) is 4.04. The number of unbranched alkanes of at least 4 members (excludes halogenated alkanes) is 1. The molecular formula is C17H27NO3. The molecular weight excluding hydrogens is 266 g/mol. The number of hydrogen-bond acceptors (Lipinski definition) is 4. The van der Waals surface area contributed by atoms with Gasteiger partial charge in [-0.3, -0.25) is 0 Å². The maximum absolute atomic E-state index is 11.9. The number of benzene rings is 1. The lowest BCUT2D eigenvalue weighted by Gasteiger charge is -2.17. The van der Waals surface area contributed by atoms with Crippen LogP contribution in [0.1, 0.15) is 56.8 Å². The fourth-order valence-corrected chi connectivity index (χ4v) is 2.15. The normalized spacial score (nSPS) is 12.0. The molecule has 0 saturated heterocycles. The van der Waals surface area contributed by atoms with E-state index in [-0.39, 0.29) is 5.97 Å². The molecule has 0 radical (unpaired) electrons. The summed E-state index contributed by atoms with van der Waals surface area (Å²) in [5, 5.41) is 0. The number of hydrogen-bond donors (Lipinski definition) is 1. The van der Waals surface area contributed by atoms with E-state index >= 15 is 0 Å². The van der Waals surface area contributed by atoms with Crippen molar-refractivity contribution in [2.24, 2.45) is 5.92 Å². The molecule has 1 aromatic carbocycles. The first-order chi connectivity index (χ1) is 10.1. The standard InChI is InChI=1S/C17H27NO3/c1-4-7-8-13(5-2)12-21-16-10-9-14(18)11-15(16)17(19)20-6-3/h9-11,13H,4-8,12,18H2,1-3H3. The van der Waals surface area contributed by atoms with E-state index in [1.54, 1.807) is 25.1 Å². The van der Waals surface area contributed by atoms with Gasteiger partial charge >= 0.3 is 5.97 Å². The summed E-state index contributed by atoms with van der Waals surface area (Å²) >= 11 is 0. The third kappa shape index (κ3) is 5.66. The number of rotatable bonds is 9. The molecule has 0 aliphatic carbocycles. The monoisotopic (exact) mass is 293 g/mol. The lowest BCUT2D eigenvalue weighted by atomic mass is 10.0. The van der Waals surface area contributed by atoms with E-state index < -0.39 is 0 Å². The number of ether oxygens (including phenoxy) is 2. The summed E-state index contributed by atoms with van der Waals surface area (Å²) < 4.78 is 10.9. The van der Waals surface area contributed by atoms with Gasteiger partial charge < -0.3 is 15.2 Å². The van der Waals surface area contributed by atoms with E-state index in [0.717, 1.165) is 12.8 Å². The molecule has 2 N–H and O–H groups in total. The maximum Gasteiger partial charge on any atom is 0.341 e. The average Bonchev–Trinajstić information content (AvgIpc) is 2.48. The molecule has 118 valence electrons. The summed E-state index contributed by atoms with van der Waals surface area (Å²) in [6.45, 7) is 7.09. The van der Waals surface area contributed by atoms with Crippen molar-refractivity contribution in [1.82, 2.24) is 0 Å². The molecule has 4 heteroatoms. The Hall–Kier alpha value is -1.71. The number of carbonyl (C=O) groups is 1. The Bertz CT molecular complexity index is 446. The summed E-state index contributed by atoms with van der Waals surface area (Å²) in [4.78, 5) is 11.9. The Labute approximate surface area is 127 Å². The van der Waals surface area contributed by atoms with Gasteiger partial charge in [0, 0.05) is 5.69 Å². The molecule has 1 unspecified atom stereocenters. The molecule has 1 aromatic rings. The number of esters is 1. The minimum Gasteiger partial charge on any atom is -0.492 e. The Kier molecular flexibility index (Phi) is 7.65. The van der Waals surface area contributed by atoms with Crippen LogP contribution >= 0.6 is 0 Å². The molecule has 0 saturated carbocycles. The molecule has 4 nitrogen and oxygen atoms in total. The predicted molar refractivity (Wildman–Crippen MR) is 85.6 cm³/mol. The van der Waals surface area contributed by atoms with E-state index in [2.05, 4.69) is 13.8 Å². The van der Waals surface area contributed by atoms with Crippen molar-refractivity contribution >= 4 is 11.7 Å². The van der Waals surface area contributed by atoms with Crippen LogP contribution in [-0.4, -0.2) is 19.2 Å². The second kappa shape index (κ2) is 9.27. The Morgan fingerprint density at radius 2 is 2.05 bits per heavy atom. The van der Waals surface area contributed by atoms with Crippen molar-refractivity contribution in [2.45, 2.75) is 46.5 Å². The van der Waals surface area contributed by atoms with Gasteiger partial charge in [0.1, 0.15) is 11.3 Å². The number of nitrogens with two attached hydrogens (primary N) is 1. The van der Waals surface area contributed by atoms with E-state index in [1.807, 2.05) is 0 Å². The van der Waals surface area contributed by atoms with Crippen LogP contribution in [0, 0.1) is 5.92 Å². The van der Waals surface area contributed by atoms with Crippen LogP contribution in [0.5, 0.6) is 5.75 Å². The van der Waals surface area contributed by atoms with Crippen LogP contribution in [0.3, 0.4) is 0 Å². The number of anilines is 1. The zero-order valence-corrected chi connectivity index (χ0v) is 13.4. The van der Waals surface area contributed by atoms with Crippen LogP contribution in [-0.2, 0) is 4.74 Å². The minimum absolute atomic E-state index is 0.334. The molecule has 0 bridgehead atoms. The van der Waals surface area contributed by atoms with E-state index in [0.29, 0.717) is 36.1 Å². The Balaban J connectivity index is 2.75. The van der Waals surface area contributed by atoms with Gasteiger partial charge in [-0.25, -0.2) is 4.79 Å². The Morgan fingerprint density at radius 1 is 1.29 bits per heavy atom. The molecule has 0 aliphatic rings. The number of carbonyl (C=O) groups excluding carboxylic acids is 1. The van der Waals surface area contributed by atoms with Crippen LogP contribution in [0.4, 0.5) is 5.69 Å². The smallest absolute Gasteiger partial charge is 0.341 e. The van der Waals surface area contributed by atoms with Gasteiger partial charge in [0.2, 0.25) is 0 Å². The molecule has 0 fully saturated rings. The zero-order valence-electron chi connectivity index (χ0n) is 13.4. The fraction of sp³-hybridized carbons (Fsp3) is 0.588. The van der Waals surface area contributed by atoms with Crippen LogP contribution in [0.25, 0.3) is 0 Å². The largest absolute Gasteiger partial charge is 0.492 e. The highest BCUT2D eigenvalue weighted by Crippen LogP contribution is 2.24. The van der Waals surface area contributed by atoms with Gasteiger partial charge in [0.05, 0.1) is 13.2 Å². The third-order valence-electron chi connectivity index (χ3n) is 3.52. The molecule has 0 heterocycles. The van der Waals surface area contributed by atoms with Crippen molar-refractivity contribution in [3.05, 3.63) is 23.8 Å². The summed E-state index contributed by atoms with van der Waals surface area (Å²) in [5.41, 5.74) is 6.68. The topological polar surface area (TPSA) is 61.5 Å². The zero-order chi connectivity index (χ0) is 15.7. The van der Waals surface area contributed by atoms with Gasteiger partial charge in [-0.05, 0) is 37.5 Å². The van der Waals surface area contributed by atoms with Gasteiger partial charge in [-0.15, -0.1) is 0 Å². The highest BCUT2D eigenvalue weighted by Gasteiger charge is 2.15. The van der Waals surface area contributed by atoms with Crippen molar-refractivity contribution in [2.75, 3.05) is 18.9 Å². The maximum atomic E-state index is 11.9. The van der Waals surface area contributed by atoms with Gasteiger partial charge in [-0.1, -0.05) is 33.1 Å².